The first-order valence-corrected chi connectivity index (χ1v) is 6.25. The van der Waals surface area contributed by atoms with Crippen molar-refractivity contribution in [2.45, 2.75) is 6.42 Å². The Morgan fingerprint density at radius 3 is 2.58 bits per heavy atom. The minimum Gasteiger partial charge on any atom is -0.508 e. The van der Waals surface area contributed by atoms with Gasteiger partial charge < -0.3 is 19.5 Å². The van der Waals surface area contributed by atoms with Crippen LogP contribution >= 0.6 is 0 Å². The molecular formula is C14H21NO4. The highest BCUT2D eigenvalue weighted by atomic mass is 16.5. The first kappa shape index (κ1) is 15.5. The van der Waals surface area contributed by atoms with Crippen LogP contribution in [0.15, 0.2) is 24.3 Å². The summed E-state index contributed by atoms with van der Waals surface area (Å²) >= 11 is 0. The summed E-state index contributed by atoms with van der Waals surface area (Å²) < 4.78 is 10.0. The van der Waals surface area contributed by atoms with Gasteiger partial charge in [0.1, 0.15) is 5.75 Å². The number of aromatic hydroxyl groups is 1. The molecule has 0 fully saturated rings. The number of carbonyl (C=O) groups excluding carboxylic acids is 1. The van der Waals surface area contributed by atoms with Gasteiger partial charge in [0.25, 0.3) is 5.91 Å². The molecule has 0 atom stereocenters. The van der Waals surface area contributed by atoms with Crippen LogP contribution in [0, 0.1) is 0 Å². The fourth-order valence-corrected chi connectivity index (χ4v) is 1.74. The van der Waals surface area contributed by atoms with E-state index >= 15 is 0 Å². The molecule has 1 N–H and O–H groups in total. The van der Waals surface area contributed by atoms with E-state index in [0.29, 0.717) is 31.9 Å². The molecule has 0 aliphatic heterocycles. The molecule has 1 aromatic rings. The van der Waals surface area contributed by atoms with Gasteiger partial charge in [0, 0.05) is 39.5 Å². The Kier molecular flexibility index (Phi) is 6.92. The number of amides is 1. The summed E-state index contributed by atoms with van der Waals surface area (Å²) in [4.78, 5) is 14.0. The molecule has 106 valence electrons. The third kappa shape index (κ3) is 5.28. The zero-order chi connectivity index (χ0) is 14.1. The van der Waals surface area contributed by atoms with E-state index in [4.69, 9.17) is 9.47 Å². The van der Waals surface area contributed by atoms with Crippen molar-refractivity contribution in [3.63, 3.8) is 0 Å². The lowest BCUT2D eigenvalue weighted by molar-refractivity contribution is 0.0674. The number of nitrogens with zero attached hydrogens (tertiary/aromatic N) is 1. The summed E-state index contributed by atoms with van der Waals surface area (Å²) in [7, 11) is 3.24. The molecule has 0 aliphatic rings. The molecule has 0 radical (unpaired) electrons. The molecular weight excluding hydrogens is 246 g/mol. The molecule has 5 heteroatoms. The SMILES string of the molecule is COCCCN(CCOC)C(=O)c1cccc(O)c1. The first-order chi connectivity index (χ1) is 9.19. The minimum atomic E-state index is -0.107. The zero-order valence-corrected chi connectivity index (χ0v) is 11.5. The average molecular weight is 267 g/mol. The second-order valence-electron chi connectivity index (χ2n) is 4.18. The van der Waals surface area contributed by atoms with Gasteiger partial charge in [-0.2, -0.15) is 0 Å². The summed E-state index contributed by atoms with van der Waals surface area (Å²) in [5.74, 6) is -0.0153. The highest BCUT2D eigenvalue weighted by Gasteiger charge is 2.15. The lowest BCUT2D eigenvalue weighted by atomic mass is 10.2. The molecule has 0 aromatic heterocycles. The van der Waals surface area contributed by atoms with Crippen molar-refractivity contribution in [1.29, 1.82) is 0 Å². The molecule has 19 heavy (non-hydrogen) atoms. The monoisotopic (exact) mass is 267 g/mol. The van der Waals surface area contributed by atoms with Gasteiger partial charge in [-0.05, 0) is 24.6 Å². The summed E-state index contributed by atoms with van der Waals surface area (Å²) in [5, 5.41) is 9.42. The topological polar surface area (TPSA) is 59.0 Å². The molecule has 1 amide bonds. The van der Waals surface area contributed by atoms with Crippen molar-refractivity contribution in [3.05, 3.63) is 29.8 Å². The predicted molar refractivity (Wildman–Crippen MR) is 72.4 cm³/mol. The van der Waals surface area contributed by atoms with Crippen LogP contribution in [0.4, 0.5) is 0 Å². The predicted octanol–water partition coefficient (Wildman–Crippen LogP) is 1.52. The number of carbonyl (C=O) groups is 1. The van der Waals surface area contributed by atoms with Gasteiger partial charge >= 0.3 is 0 Å². The Morgan fingerprint density at radius 2 is 1.95 bits per heavy atom. The van der Waals surface area contributed by atoms with Gasteiger partial charge in [-0.3, -0.25) is 4.79 Å². The minimum absolute atomic E-state index is 0.0921. The Labute approximate surface area is 113 Å². The molecule has 5 nitrogen and oxygen atoms in total. The molecule has 0 saturated carbocycles. The van der Waals surface area contributed by atoms with E-state index in [1.54, 1.807) is 37.3 Å². The zero-order valence-electron chi connectivity index (χ0n) is 11.5. The Hall–Kier alpha value is -1.59. The van der Waals surface area contributed by atoms with E-state index in [2.05, 4.69) is 0 Å². The van der Waals surface area contributed by atoms with E-state index in [0.717, 1.165) is 6.42 Å². The Bertz CT molecular complexity index is 395. The first-order valence-electron chi connectivity index (χ1n) is 6.25. The smallest absolute Gasteiger partial charge is 0.254 e. The molecule has 0 heterocycles. The summed E-state index contributed by atoms with van der Waals surface area (Å²) in [6.07, 6.45) is 0.769. The van der Waals surface area contributed by atoms with E-state index in [9.17, 15) is 9.90 Å². The highest BCUT2D eigenvalue weighted by Crippen LogP contribution is 2.13. The van der Waals surface area contributed by atoms with E-state index < -0.39 is 0 Å². The van der Waals surface area contributed by atoms with Crippen molar-refractivity contribution in [2.75, 3.05) is 40.5 Å². The summed E-state index contributed by atoms with van der Waals surface area (Å²) in [6, 6.07) is 6.37. The van der Waals surface area contributed by atoms with Gasteiger partial charge in [0.05, 0.1) is 6.61 Å². The number of phenols is 1. The van der Waals surface area contributed by atoms with Crippen LogP contribution in [0.25, 0.3) is 0 Å². The number of hydrogen-bond donors (Lipinski definition) is 1. The lowest BCUT2D eigenvalue weighted by Crippen LogP contribution is -2.35. The molecule has 0 saturated heterocycles. The average Bonchev–Trinajstić information content (AvgIpc) is 2.42. The number of hydrogen-bond acceptors (Lipinski definition) is 4. The summed E-state index contributed by atoms with van der Waals surface area (Å²) in [6.45, 7) is 2.22. The fourth-order valence-electron chi connectivity index (χ4n) is 1.74. The lowest BCUT2D eigenvalue weighted by Gasteiger charge is -2.22. The van der Waals surface area contributed by atoms with Crippen LogP contribution in [0.3, 0.4) is 0 Å². The Balaban J connectivity index is 2.69. The van der Waals surface area contributed by atoms with Gasteiger partial charge in [0.2, 0.25) is 0 Å². The largest absolute Gasteiger partial charge is 0.508 e. The molecule has 1 rings (SSSR count). The molecule has 0 aliphatic carbocycles. The van der Waals surface area contributed by atoms with Crippen LogP contribution < -0.4 is 0 Å². The number of rotatable bonds is 8. The van der Waals surface area contributed by atoms with Gasteiger partial charge in [-0.25, -0.2) is 0 Å². The van der Waals surface area contributed by atoms with Gasteiger partial charge in [0.15, 0.2) is 0 Å². The molecule has 0 unspecified atom stereocenters. The number of phenolic OH excluding ortho intramolecular Hbond substituents is 1. The number of methoxy groups -OCH3 is 2. The van der Waals surface area contributed by atoms with Crippen LogP contribution in [-0.4, -0.2) is 56.4 Å². The maximum Gasteiger partial charge on any atom is 0.254 e. The standard InChI is InChI=1S/C14H21NO4/c1-18-9-4-7-15(8-10-19-2)14(17)12-5-3-6-13(16)11-12/h3,5-6,11,16H,4,7-10H2,1-2H3. The van der Waals surface area contributed by atoms with Crippen LogP contribution in [-0.2, 0) is 9.47 Å². The van der Waals surface area contributed by atoms with E-state index in [-0.39, 0.29) is 11.7 Å². The number of ether oxygens (including phenoxy) is 2. The fraction of sp³-hybridized carbons (Fsp3) is 0.500. The Morgan fingerprint density at radius 1 is 1.21 bits per heavy atom. The highest BCUT2D eigenvalue weighted by molar-refractivity contribution is 5.94. The quantitative estimate of drug-likeness (QED) is 0.725. The maximum atomic E-state index is 12.3. The second kappa shape index (κ2) is 8.50. The molecule has 1 aromatic carbocycles. The van der Waals surface area contributed by atoms with Gasteiger partial charge in [-0.1, -0.05) is 6.07 Å². The number of benzene rings is 1. The van der Waals surface area contributed by atoms with Crippen molar-refractivity contribution in [3.8, 4) is 5.75 Å². The van der Waals surface area contributed by atoms with Crippen LogP contribution in [0.1, 0.15) is 16.8 Å². The van der Waals surface area contributed by atoms with Crippen molar-refractivity contribution in [2.24, 2.45) is 0 Å². The van der Waals surface area contributed by atoms with Gasteiger partial charge in [-0.15, -0.1) is 0 Å². The third-order valence-electron chi connectivity index (χ3n) is 2.72. The van der Waals surface area contributed by atoms with Crippen LogP contribution in [0.5, 0.6) is 5.75 Å². The van der Waals surface area contributed by atoms with Crippen molar-refractivity contribution in [1.82, 2.24) is 4.90 Å². The third-order valence-corrected chi connectivity index (χ3v) is 2.72. The molecule has 0 spiro atoms. The van der Waals surface area contributed by atoms with E-state index in [1.165, 1.54) is 6.07 Å². The molecule has 0 bridgehead atoms. The van der Waals surface area contributed by atoms with Crippen molar-refractivity contribution < 1.29 is 19.4 Å². The summed E-state index contributed by atoms with van der Waals surface area (Å²) in [5.41, 5.74) is 0.480. The maximum absolute atomic E-state index is 12.3. The van der Waals surface area contributed by atoms with Crippen molar-refractivity contribution >= 4 is 5.91 Å². The normalized spacial score (nSPS) is 10.4. The van der Waals surface area contributed by atoms with E-state index in [1.807, 2.05) is 0 Å². The van der Waals surface area contributed by atoms with Crippen LogP contribution in [0.2, 0.25) is 0 Å². The second-order valence-corrected chi connectivity index (χ2v) is 4.18.